The molecule has 2 saturated heterocycles. The van der Waals surface area contributed by atoms with Crippen molar-refractivity contribution in [1.29, 1.82) is 0 Å². The molecule has 30 heavy (non-hydrogen) atoms. The number of anilines is 1. The Morgan fingerprint density at radius 2 is 1.97 bits per heavy atom. The summed E-state index contributed by atoms with van der Waals surface area (Å²) in [6.45, 7) is 4.21. The van der Waals surface area contributed by atoms with E-state index in [4.69, 9.17) is 21.1 Å². The molecule has 0 saturated carbocycles. The fourth-order valence-corrected chi connectivity index (χ4v) is 4.50. The molecule has 6 nitrogen and oxygen atoms in total. The maximum Gasteiger partial charge on any atom is 0.255 e. The van der Waals surface area contributed by atoms with Crippen molar-refractivity contribution in [2.75, 3.05) is 51.4 Å². The van der Waals surface area contributed by atoms with Crippen LogP contribution in [0.4, 0.5) is 5.82 Å². The van der Waals surface area contributed by atoms with Crippen molar-refractivity contribution in [3.05, 3.63) is 52.7 Å². The number of hydrogen-bond donors (Lipinski definition) is 0. The maximum atomic E-state index is 12.7. The van der Waals surface area contributed by atoms with Crippen LogP contribution in [-0.2, 0) is 11.2 Å². The number of amides is 1. The largest absolute Gasteiger partial charge is 0.497 e. The molecule has 0 bridgehead atoms. The summed E-state index contributed by atoms with van der Waals surface area (Å²) in [6, 6.07) is 10.1. The number of piperidine rings is 1. The van der Waals surface area contributed by atoms with Crippen LogP contribution in [0.25, 0.3) is 0 Å². The summed E-state index contributed by atoms with van der Waals surface area (Å²) in [4.78, 5) is 21.2. The first-order valence-electron chi connectivity index (χ1n) is 10.5. The van der Waals surface area contributed by atoms with Gasteiger partial charge in [-0.3, -0.25) is 4.79 Å². The number of pyridine rings is 1. The Morgan fingerprint density at radius 3 is 2.67 bits per heavy atom. The van der Waals surface area contributed by atoms with Crippen LogP contribution >= 0.6 is 11.6 Å². The number of benzene rings is 1. The Labute approximate surface area is 182 Å². The van der Waals surface area contributed by atoms with E-state index in [1.807, 2.05) is 12.1 Å². The molecule has 1 aromatic heterocycles. The van der Waals surface area contributed by atoms with Gasteiger partial charge in [0.2, 0.25) is 0 Å². The van der Waals surface area contributed by atoms with Gasteiger partial charge in [0.05, 0.1) is 30.9 Å². The lowest BCUT2D eigenvalue weighted by molar-refractivity contribution is 0.0302. The van der Waals surface area contributed by atoms with Crippen molar-refractivity contribution in [3.63, 3.8) is 0 Å². The van der Waals surface area contributed by atoms with Crippen LogP contribution in [0.1, 0.15) is 28.8 Å². The molecule has 0 atom stereocenters. The third-order valence-corrected chi connectivity index (χ3v) is 6.22. The molecule has 0 aliphatic carbocycles. The molecular formula is C23H28ClN3O3. The SMILES string of the molecule is COc1cccc(CC2CCN(c3ncc(C(=O)N4CCOCC4)cc3Cl)CC2)c1. The number of halogens is 1. The zero-order chi connectivity index (χ0) is 20.9. The van der Waals surface area contributed by atoms with Crippen molar-refractivity contribution < 1.29 is 14.3 Å². The number of nitrogens with zero attached hydrogens (tertiary/aromatic N) is 3. The fraction of sp³-hybridized carbons (Fsp3) is 0.478. The van der Waals surface area contributed by atoms with Crippen LogP contribution in [0, 0.1) is 5.92 Å². The summed E-state index contributed by atoms with van der Waals surface area (Å²) in [5.74, 6) is 2.29. The predicted octanol–water partition coefficient (Wildman–Crippen LogP) is 3.68. The molecule has 0 radical (unpaired) electrons. The first-order chi connectivity index (χ1) is 14.6. The Bertz CT molecular complexity index is 878. The van der Waals surface area contributed by atoms with Crippen LogP contribution in [0.2, 0.25) is 5.02 Å². The minimum Gasteiger partial charge on any atom is -0.497 e. The van der Waals surface area contributed by atoms with Crippen LogP contribution < -0.4 is 9.64 Å². The second-order valence-corrected chi connectivity index (χ2v) is 8.33. The molecule has 0 unspecified atom stereocenters. The topological polar surface area (TPSA) is 54.9 Å². The lowest BCUT2D eigenvalue weighted by Gasteiger charge is -2.33. The van der Waals surface area contributed by atoms with Gasteiger partial charge in [-0.15, -0.1) is 0 Å². The Morgan fingerprint density at radius 1 is 1.20 bits per heavy atom. The van der Waals surface area contributed by atoms with Crippen molar-refractivity contribution in [2.24, 2.45) is 5.92 Å². The van der Waals surface area contributed by atoms with Gasteiger partial charge in [-0.1, -0.05) is 23.7 Å². The molecule has 4 rings (SSSR count). The zero-order valence-electron chi connectivity index (χ0n) is 17.3. The van der Waals surface area contributed by atoms with Gasteiger partial charge in [-0.2, -0.15) is 0 Å². The highest BCUT2D eigenvalue weighted by Crippen LogP contribution is 2.30. The second kappa shape index (κ2) is 9.67. The number of carbonyl (C=O) groups excluding carboxylic acids is 1. The van der Waals surface area contributed by atoms with Crippen LogP contribution in [0.3, 0.4) is 0 Å². The summed E-state index contributed by atoms with van der Waals surface area (Å²) in [5, 5.41) is 0.542. The van der Waals surface area contributed by atoms with E-state index in [2.05, 4.69) is 22.0 Å². The van der Waals surface area contributed by atoms with Crippen molar-refractivity contribution in [1.82, 2.24) is 9.88 Å². The molecular weight excluding hydrogens is 402 g/mol. The molecule has 1 aromatic carbocycles. The molecule has 7 heteroatoms. The van der Waals surface area contributed by atoms with Gasteiger partial charge in [0.15, 0.2) is 0 Å². The summed E-state index contributed by atoms with van der Waals surface area (Å²) >= 11 is 6.53. The predicted molar refractivity (Wildman–Crippen MR) is 118 cm³/mol. The van der Waals surface area contributed by atoms with E-state index < -0.39 is 0 Å². The third kappa shape index (κ3) is 4.87. The fourth-order valence-electron chi connectivity index (χ4n) is 4.21. The number of ether oxygens (including phenoxy) is 2. The smallest absolute Gasteiger partial charge is 0.255 e. The summed E-state index contributed by atoms with van der Waals surface area (Å²) in [7, 11) is 1.70. The van der Waals surface area contributed by atoms with Gasteiger partial charge in [0, 0.05) is 32.4 Å². The minimum atomic E-state index is -0.0313. The van der Waals surface area contributed by atoms with Gasteiger partial charge < -0.3 is 19.3 Å². The quantitative estimate of drug-likeness (QED) is 0.725. The molecule has 0 N–H and O–H groups in total. The normalized spacial score (nSPS) is 17.8. The molecule has 0 spiro atoms. The first-order valence-corrected chi connectivity index (χ1v) is 10.9. The van der Waals surface area contributed by atoms with Gasteiger partial charge >= 0.3 is 0 Å². The van der Waals surface area contributed by atoms with Crippen molar-refractivity contribution >= 4 is 23.3 Å². The van der Waals surface area contributed by atoms with Gasteiger partial charge in [-0.25, -0.2) is 4.98 Å². The number of hydrogen-bond acceptors (Lipinski definition) is 5. The number of rotatable bonds is 5. The van der Waals surface area contributed by atoms with E-state index in [1.54, 1.807) is 24.3 Å². The van der Waals surface area contributed by atoms with E-state index in [0.717, 1.165) is 43.9 Å². The molecule has 2 aliphatic heterocycles. The summed E-state index contributed by atoms with van der Waals surface area (Å²) in [5.41, 5.74) is 1.86. The van der Waals surface area contributed by atoms with Crippen LogP contribution in [0.15, 0.2) is 36.5 Å². The standard InChI is InChI=1S/C23H28ClN3O3/c1-29-20-4-2-3-18(14-20)13-17-5-7-26(8-6-17)22-21(24)15-19(16-25-22)23(28)27-9-11-30-12-10-27/h2-4,14-17H,5-13H2,1H3. The molecule has 1 amide bonds. The van der Waals surface area contributed by atoms with E-state index in [9.17, 15) is 4.79 Å². The first kappa shape index (κ1) is 20.9. The highest BCUT2D eigenvalue weighted by atomic mass is 35.5. The second-order valence-electron chi connectivity index (χ2n) is 7.92. The number of aromatic nitrogens is 1. The van der Waals surface area contributed by atoms with Gasteiger partial charge in [0.25, 0.3) is 5.91 Å². The number of carbonyl (C=O) groups is 1. The number of morpholine rings is 1. The maximum absolute atomic E-state index is 12.7. The Balaban J connectivity index is 1.35. The average molecular weight is 430 g/mol. The average Bonchev–Trinajstić information content (AvgIpc) is 2.80. The van der Waals surface area contributed by atoms with Crippen molar-refractivity contribution in [2.45, 2.75) is 19.3 Å². The third-order valence-electron chi connectivity index (χ3n) is 5.94. The van der Waals surface area contributed by atoms with Gasteiger partial charge in [0.1, 0.15) is 11.6 Å². The highest BCUT2D eigenvalue weighted by molar-refractivity contribution is 6.33. The lowest BCUT2D eigenvalue weighted by atomic mass is 9.90. The molecule has 2 fully saturated rings. The van der Waals surface area contributed by atoms with E-state index in [0.29, 0.717) is 42.8 Å². The van der Waals surface area contributed by atoms with Crippen molar-refractivity contribution in [3.8, 4) is 5.75 Å². The highest BCUT2D eigenvalue weighted by Gasteiger charge is 2.24. The van der Waals surface area contributed by atoms with E-state index in [1.165, 1.54) is 5.56 Å². The van der Waals surface area contributed by atoms with Crippen LogP contribution in [-0.4, -0.2) is 62.3 Å². The molecule has 3 heterocycles. The monoisotopic (exact) mass is 429 g/mol. The molecule has 2 aromatic rings. The number of methoxy groups -OCH3 is 1. The summed E-state index contributed by atoms with van der Waals surface area (Å²) < 4.78 is 10.6. The molecule has 2 aliphatic rings. The summed E-state index contributed by atoms with van der Waals surface area (Å²) in [6.07, 6.45) is 4.88. The van der Waals surface area contributed by atoms with E-state index >= 15 is 0 Å². The van der Waals surface area contributed by atoms with Crippen LogP contribution in [0.5, 0.6) is 5.75 Å². The Kier molecular flexibility index (Phi) is 6.75. The lowest BCUT2D eigenvalue weighted by Crippen LogP contribution is -2.40. The Hall–Kier alpha value is -2.31. The molecule has 160 valence electrons. The minimum absolute atomic E-state index is 0.0313. The zero-order valence-corrected chi connectivity index (χ0v) is 18.1. The van der Waals surface area contributed by atoms with Gasteiger partial charge in [-0.05, 0) is 48.9 Å². The van der Waals surface area contributed by atoms with E-state index in [-0.39, 0.29) is 5.91 Å².